The van der Waals surface area contributed by atoms with E-state index in [9.17, 15) is 14.0 Å². The van der Waals surface area contributed by atoms with Crippen molar-refractivity contribution in [1.29, 1.82) is 0 Å². The molecule has 184 valence electrons. The first-order valence-corrected chi connectivity index (χ1v) is 12.2. The van der Waals surface area contributed by atoms with Crippen LogP contribution in [0.1, 0.15) is 49.7 Å². The molecule has 0 bridgehead atoms. The van der Waals surface area contributed by atoms with E-state index in [2.05, 4.69) is 21.2 Å². The van der Waals surface area contributed by atoms with Gasteiger partial charge in [0.15, 0.2) is 17.3 Å². The SMILES string of the molecule is CCOC(=O)C1=C(C)NC2=C(C(=O)C[C@@H](c3ccc(OC)c(OC)c3)C2)[C@@H]1c1ccc(F)c(Br)c1. The second-order valence-electron chi connectivity index (χ2n) is 8.53. The molecule has 1 aliphatic heterocycles. The number of hydrogen-bond acceptors (Lipinski definition) is 6. The maximum absolute atomic E-state index is 14.0. The highest BCUT2D eigenvalue weighted by molar-refractivity contribution is 9.10. The van der Waals surface area contributed by atoms with Crippen LogP contribution in [0.4, 0.5) is 4.39 Å². The van der Waals surface area contributed by atoms with Crippen LogP contribution in [0.25, 0.3) is 0 Å². The average molecular weight is 544 g/mol. The first-order chi connectivity index (χ1) is 16.8. The van der Waals surface area contributed by atoms with Crippen LogP contribution >= 0.6 is 15.9 Å². The molecular weight excluding hydrogens is 517 g/mol. The summed E-state index contributed by atoms with van der Waals surface area (Å²) in [6.45, 7) is 3.74. The van der Waals surface area contributed by atoms with Crippen molar-refractivity contribution in [2.45, 2.75) is 38.5 Å². The summed E-state index contributed by atoms with van der Waals surface area (Å²) in [5.74, 6) is -0.494. The molecule has 2 aliphatic rings. The number of carbonyl (C=O) groups is 2. The molecule has 35 heavy (non-hydrogen) atoms. The van der Waals surface area contributed by atoms with E-state index in [0.717, 1.165) is 11.3 Å². The molecule has 4 rings (SSSR count). The van der Waals surface area contributed by atoms with Crippen LogP contribution in [-0.2, 0) is 14.3 Å². The molecule has 0 fully saturated rings. The van der Waals surface area contributed by atoms with Crippen LogP contribution in [0.15, 0.2) is 63.4 Å². The van der Waals surface area contributed by atoms with Gasteiger partial charge in [0.1, 0.15) is 5.82 Å². The lowest BCUT2D eigenvalue weighted by atomic mass is 9.71. The Morgan fingerprint density at radius 3 is 2.46 bits per heavy atom. The van der Waals surface area contributed by atoms with Crippen molar-refractivity contribution in [3.63, 3.8) is 0 Å². The highest BCUT2D eigenvalue weighted by atomic mass is 79.9. The van der Waals surface area contributed by atoms with Crippen molar-refractivity contribution in [1.82, 2.24) is 5.32 Å². The molecule has 1 aliphatic carbocycles. The van der Waals surface area contributed by atoms with Crippen LogP contribution in [-0.4, -0.2) is 32.6 Å². The van der Waals surface area contributed by atoms with Gasteiger partial charge in [-0.25, -0.2) is 9.18 Å². The Morgan fingerprint density at radius 2 is 1.80 bits per heavy atom. The minimum Gasteiger partial charge on any atom is -0.493 e. The van der Waals surface area contributed by atoms with E-state index in [1.807, 2.05) is 18.2 Å². The lowest BCUT2D eigenvalue weighted by molar-refractivity contribution is -0.138. The molecule has 0 spiro atoms. The van der Waals surface area contributed by atoms with E-state index in [1.54, 1.807) is 40.2 Å². The Kier molecular flexibility index (Phi) is 7.31. The number of Topliss-reactive ketones (excluding diaryl/α,β-unsaturated/α-hetero) is 1. The summed E-state index contributed by atoms with van der Waals surface area (Å²) in [7, 11) is 3.16. The molecule has 0 radical (unpaired) electrons. The van der Waals surface area contributed by atoms with Gasteiger partial charge in [0.05, 0.1) is 30.9 Å². The van der Waals surface area contributed by atoms with Gasteiger partial charge in [-0.05, 0) is 77.5 Å². The molecule has 1 heterocycles. The molecule has 2 atom stereocenters. The van der Waals surface area contributed by atoms with Crippen LogP contribution in [0.2, 0.25) is 0 Å². The van der Waals surface area contributed by atoms with E-state index in [-0.39, 0.29) is 29.2 Å². The maximum atomic E-state index is 14.0. The summed E-state index contributed by atoms with van der Waals surface area (Å²) in [5.41, 5.74) is 3.87. The second kappa shape index (κ2) is 10.2. The van der Waals surface area contributed by atoms with Gasteiger partial charge in [0.2, 0.25) is 0 Å². The number of methoxy groups -OCH3 is 2. The summed E-state index contributed by atoms with van der Waals surface area (Å²) in [5, 5.41) is 3.31. The van der Waals surface area contributed by atoms with Gasteiger partial charge >= 0.3 is 5.97 Å². The molecule has 0 unspecified atom stereocenters. The molecule has 0 amide bonds. The molecule has 0 saturated heterocycles. The average Bonchev–Trinajstić information content (AvgIpc) is 2.84. The Hall–Kier alpha value is -3.13. The standard InChI is InChI=1S/C27H27BrFNO5/c1-5-35-27(32)24-14(2)30-20-11-17(15-7-9-22(33-3)23(13-15)34-4)12-21(31)26(20)25(24)16-6-8-19(29)18(28)10-16/h6-10,13,17,25,30H,5,11-12H2,1-4H3/t17-,25+/m0/s1. The lowest BCUT2D eigenvalue weighted by Gasteiger charge is -2.36. The molecule has 8 heteroatoms. The molecule has 2 aromatic rings. The smallest absolute Gasteiger partial charge is 0.336 e. The molecule has 0 aromatic heterocycles. The Bertz CT molecular complexity index is 1250. The van der Waals surface area contributed by atoms with Gasteiger partial charge < -0.3 is 19.5 Å². The fourth-order valence-corrected chi connectivity index (χ4v) is 5.28. The first-order valence-electron chi connectivity index (χ1n) is 11.4. The fourth-order valence-electron chi connectivity index (χ4n) is 4.89. The third kappa shape index (κ3) is 4.72. The quantitative estimate of drug-likeness (QED) is 0.483. The number of halogens is 2. The van der Waals surface area contributed by atoms with Crippen molar-refractivity contribution in [2.75, 3.05) is 20.8 Å². The third-order valence-electron chi connectivity index (χ3n) is 6.48. The minimum absolute atomic E-state index is 0.0710. The summed E-state index contributed by atoms with van der Waals surface area (Å²) in [6, 6.07) is 10.2. The number of carbonyl (C=O) groups excluding carboxylic acids is 2. The van der Waals surface area contributed by atoms with Crippen LogP contribution < -0.4 is 14.8 Å². The minimum atomic E-state index is -0.652. The van der Waals surface area contributed by atoms with Crippen LogP contribution in [0.5, 0.6) is 11.5 Å². The van der Waals surface area contributed by atoms with Crippen molar-refractivity contribution < 1.29 is 28.2 Å². The topological polar surface area (TPSA) is 73.9 Å². The summed E-state index contributed by atoms with van der Waals surface area (Å²) in [4.78, 5) is 26.6. The van der Waals surface area contributed by atoms with Crippen molar-refractivity contribution in [2.24, 2.45) is 0 Å². The van der Waals surface area contributed by atoms with E-state index in [0.29, 0.717) is 40.3 Å². The van der Waals surface area contributed by atoms with Crippen molar-refractivity contribution in [3.05, 3.63) is 80.4 Å². The number of esters is 1. The van der Waals surface area contributed by atoms with Crippen LogP contribution in [0, 0.1) is 5.82 Å². The van der Waals surface area contributed by atoms with Gasteiger partial charge in [0.25, 0.3) is 0 Å². The normalized spacial score (nSPS) is 19.8. The number of hydrogen-bond donors (Lipinski definition) is 1. The zero-order valence-corrected chi connectivity index (χ0v) is 21.6. The summed E-state index contributed by atoms with van der Waals surface area (Å²) >= 11 is 3.24. The van der Waals surface area contributed by atoms with Gasteiger partial charge in [-0.15, -0.1) is 0 Å². The van der Waals surface area contributed by atoms with Crippen LogP contribution in [0.3, 0.4) is 0 Å². The number of rotatable bonds is 6. The van der Waals surface area contributed by atoms with Crippen molar-refractivity contribution in [3.8, 4) is 11.5 Å². The molecule has 2 aromatic carbocycles. The predicted octanol–water partition coefficient (Wildman–Crippen LogP) is 5.53. The van der Waals surface area contributed by atoms with Gasteiger partial charge in [-0.3, -0.25) is 4.79 Å². The van der Waals surface area contributed by atoms with E-state index >= 15 is 0 Å². The number of dihydropyridines is 1. The largest absolute Gasteiger partial charge is 0.493 e. The van der Waals surface area contributed by atoms with Gasteiger partial charge in [-0.1, -0.05) is 12.1 Å². The van der Waals surface area contributed by atoms with Gasteiger partial charge in [-0.2, -0.15) is 0 Å². The summed E-state index contributed by atoms with van der Waals surface area (Å²) < 4.78 is 30.4. The molecule has 6 nitrogen and oxygen atoms in total. The zero-order valence-electron chi connectivity index (χ0n) is 20.0. The Morgan fingerprint density at radius 1 is 1.09 bits per heavy atom. The Labute approximate surface area is 212 Å². The van der Waals surface area contributed by atoms with E-state index in [4.69, 9.17) is 14.2 Å². The summed E-state index contributed by atoms with van der Waals surface area (Å²) in [6.07, 6.45) is 0.840. The molecule has 1 N–H and O–H groups in total. The monoisotopic (exact) mass is 543 g/mol. The molecular formula is C27H27BrFNO5. The maximum Gasteiger partial charge on any atom is 0.336 e. The highest BCUT2D eigenvalue weighted by Crippen LogP contribution is 2.47. The highest BCUT2D eigenvalue weighted by Gasteiger charge is 2.41. The van der Waals surface area contributed by atoms with Crippen molar-refractivity contribution >= 4 is 27.7 Å². The van der Waals surface area contributed by atoms with E-state index < -0.39 is 17.7 Å². The number of nitrogens with one attached hydrogen (secondary N) is 1. The molecule has 0 saturated carbocycles. The number of ether oxygens (including phenoxy) is 3. The van der Waals surface area contributed by atoms with E-state index in [1.165, 1.54) is 6.07 Å². The third-order valence-corrected chi connectivity index (χ3v) is 7.09. The predicted molar refractivity (Wildman–Crippen MR) is 133 cm³/mol. The Balaban J connectivity index is 1.79. The number of benzene rings is 2. The number of ketones is 1. The first kappa shape index (κ1) is 25.0. The van der Waals surface area contributed by atoms with Gasteiger partial charge in [0, 0.05) is 29.3 Å². The zero-order chi connectivity index (χ0) is 25.3. The second-order valence-corrected chi connectivity index (χ2v) is 9.38. The fraction of sp³-hybridized carbons (Fsp3) is 0.333. The number of allylic oxidation sites excluding steroid dienone is 3. The lowest BCUT2D eigenvalue weighted by Crippen LogP contribution is -2.36.